The van der Waals surface area contributed by atoms with Gasteiger partial charge in [-0.05, 0) is 12.3 Å². The quantitative estimate of drug-likeness (QED) is 0.662. The van der Waals surface area contributed by atoms with Crippen molar-refractivity contribution in [2.45, 2.75) is 33.1 Å². The molecule has 106 valence electrons. The van der Waals surface area contributed by atoms with Gasteiger partial charge in [-0.15, -0.1) is 10.2 Å². The maximum absolute atomic E-state index is 11.5. The van der Waals surface area contributed by atoms with Crippen LogP contribution in [0.3, 0.4) is 0 Å². The van der Waals surface area contributed by atoms with E-state index in [1.807, 2.05) is 0 Å². The Morgan fingerprint density at radius 3 is 2.74 bits per heavy atom. The lowest BCUT2D eigenvalue weighted by molar-refractivity contribution is -0.137. The van der Waals surface area contributed by atoms with Crippen molar-refractivity contribution < 1.29 is 14.7 Å². The standard InChI is InChI=1S/C11H18N4O3S/c1-7(2)6-8-14-15-11(19-8)13-10(18)12-5-3-4-9(16)17/h7H,3-6H2,1-2H3,(H,16,17)(H2,12,13,15,18). The Morgan fingerprint density at radius 2 is 2.11 bits per heavy atom. The molecule has 0 aliphatic carbocycles. The molecule has 1 heterocycles. The minimum Gasteiger partial charge on any atom is -0.481 e. The van der Waals surface area contributed by atoms with Crippen LogP contribution in [0.4, 0.5) is 9.93 Å². The fourth-order valence-electron chi connectivity index (χ4n) is 1.32. The Balaban J connectivity index is 2.28. The number of carboxylic acid groups (broad SMARTS) is 1. The van der Waals surface area contributed by atoms with Crippen molar-refractivity contribution in [2.24, 2.45) is 5.92 Å². The van der Waals surface area contributed by atoms with Crippen molar-refractivity contribution in [3.63, 3.8) is 0 Å². The van der Waals surface area contributed by atoms with Crippen molar-refractivity contribution in [3.05, 3.63) is 5.01 Å². The molecule has 0 spiro atoms. The summed E-state index contributed by atoms with van der Waals surface area (Å²) in [5, 5.41) is 22.8. The van der Waals surface area contributed by atoms with Crippen LogP contribution in [0.1, 0.15) is 31.7 Å². The van der Waals surface area contributed by atoms with E-state index in [9.17, 15) is 9.59 Å². The first-order chi connectivity index (χ1) is 8.97. The number of hydrogen-bond donors (Lipinski definition) is 3. The number of amides is 2. The van der Waals surface area contributed by atoms with Gasteiger partial charge in [0.25, 0.3) is 0 Å². The van der Waals surface area contributed by atoms with Crippen molar-refractivity contribution in [1.82, 2.24) is 15.5 Å². The van der Waals surface area contributed by atoms with E-state index < -0.39 is 12.0 Å². The Bertz CT molecular complexity index is 433. The summed E-state index contributed by atoms with van der Waals surface area (Å²) in [4.78, 5) is 21.7. The van der Waals surface area contributed by atoms with E-state index in [4.69, 9.17) is 5.11 Å². The van der Waals surface area contributed by atoms with Gasteiger partial charge >= 0.3 is 12.0 Å². The second-order valence-corrected chi connectivity index (χ2v) is 5.54. The second kappa shape index (κ2) is 7.67. The molecule has 8 heteroatoms. The normalized spacial score (nSPS) is 10.5. The number of rotatable bonds is 7. The zero-order valence-electron chi connectivity index (χ0n) is 11.0. The molecule has 2 amide bonds. The van der Waals surface area contributed by atoms with Gasteiger partial charge in [0.05, 0.1) is 0 Å². The molecule has 7 nitrogen and oxygen atoms in total. The minimum absolute atomic E-state index is 0.0393. The Labute approximate surface area is 115 Å². The van der Waals surface area contributed by atoms with Gasteiger partial charge < -0.3 is 10.4 Å². The third kappa shape index (κ3) is 6.70. The van der Waals surface area contributed by atoms with E-state index >= 15 is 0 Å². The average Bonchev–Trinajstić information content (AvgIpc) is 2.70. The van der Waals surface area contributed by atoms with E-state index in [1.165, 1.54) is 11.3 Å². The summed E-state index contributed by atoms with van der Waals surface area (Å²) in [6, 6.07) is -0.391. The van der Waals surface area contributed by atoms with Crippen LogP contribution in [0.25, 0.3) is 0 Å². The number of nitrogens with one attached hydrogen (secondary N) is 2. The molecule has 0 aromatic carbocycles. The number of anilines is 1. The van der Waals surface area contributed by atoms with Crippen LogP contribution in [-0.4, -0.2) is 33.8 Å². The summed E-state index contributed by atoms with van der Waals surface area (Å²) in [6.45, 7) is 4.49. The van der Waals surface area contributed by atoms with Crippen LogP contribution in [0, 0.1) is 5.92 Å². The summed E-state index contributed by atoms with van der Waals surface area (Å²) in [7, 11) is 0. The molecule has 0 bridgehead atoms. The van der Waals surface area contributed by atoms with Gasteiger partial charge in [0.15, 0.2) is 0 Å². The number of aliphatic carboxylic acids is 1. The SMILES string of the molecule is CC(C)Cc1nnc(NC(=O)NCCCC(=O)O)s1. The minimum atomic E-state index is -0.871. The van der Waals surface area contributed by atoms with Gasteiger partial charge in [-0.1, -0.05) is 25.2 Å². The maximum Gasteiger partial charge on any atom is 0.321 e. The van der Waals surface area contributed by atoms with Crippen LogP contribution < -0.4 is 10.6 Å². The number of hydrogen-bond acceptors (Lipinski definition) is 5. The first-order valence-electron chi connectivity index (χ1n) is 6.06. The topological polar surface area (TPSA) is 104 Å². The molecule has 0 saturated carbocycles. The second-order valence-electron chi connectivity index (χ2n) is 4.48. The number of nitrogens with zero attached hydrogens (tertiary/aromatic N) is 2. The highest BCUT2D eigenvalue weighted by Gasteiger charge is 2.08. The molecule has 0 unspecified atom stereocenters. The summed E-state index contributed by atoms with van der Waals surface area (Å²) in [5.41, 5.74) is 0. The van der Waals surface area contributed by atoms with Gasteiger partial charge in [-0.25, -0.2) is 4.79 Å². The zero-order chi connectivity index (χ0) is 14.3. The maximum atomic E-state index is 11.5. The van der Waals surface area contributed by atoms with Gasteiger partial charge in [0, 0.05) is 19.4 Å². The summed E-state index contributed by atoms with van der Waals surface area (Å²) < 4.78 is 0. The van der Waals surface area contributed by atoms with Gasteiger partial charge in [-0.2, -0.15) is 0 Å². The van der Waals surface area contributed by atoms with Crippen molar-refractivity contribution >= 4 is 28.5 Å². The van der Waals surface area contributed by atoms with Crippen molar-refractivity contribution in [2.75, 3.05) is 11.9 Å². The monoisotopic (exact) mass is 286 g/mol. The predicted octanol–water partition coefficient (Wildman–Crippen LogP) is 1.72. The number of carbonyl (C=O) groups is 2. The van der Waals surface area contributed by atoms with Gasteiger partial charge in [-0.3, -0.25) is 10.1 Å². The summed E-state index contributed by atoms with van der Waals surface area (Å²) >= 11 is 1.35. The highest BCUT2D eigenvalue weighted by Crippen LogP contribution is 2.17. The Kier molecular flexibility index (Phi) is 6.20. The van der Waals surface area contributed by atoms with Crippen LogP contribution in [0.5, 0.6) is 0 Å². The molecular weight excluding hydrogens is 268 g/mol. The lowest BCUT2D eigenvalue weighted by atomic mass is 10.1. The molecule has 0 saturated heterocycles. The van der Waals surface area contributed by atoms with E-state index in [-0.39, 0.29) is 6.42 Å². The van der Waals surface area contributed by atoms with Crippen LogP contribution in [0.2, 0.25) is 0 Å². The Morgan fingerprint density at radius 1 is 1.37 bits per heavy atom. The number of urea groups is 1. The molecule has 0 radical (unpaired) electrons. The first kappa shape index (κ1) is 15.4. The Hall–Kier alpha value is -1.70. The van der Waals surface area contributed by atoms with Crippen molar-refractivity contribution in [1.29, 1.82) is 0 Å². The molecule has 3 N–H and O–H groups in total. The molecular formula is C11H18N4O3S. The van der Waals surface area contributed by atoms with E-state index in [0.717, 1.165) is 11.4 Å². The molecule has 1 aromatic heterocycles. The molecule has 0 aliphatic rings. The fraction of sp³-hybridized carbons (Fsp3) is 0.636. The number of aromatic nitrogens is 2. The average molecular weight is 286 g/mol. The first-order valence-corrected chi connectivity index (χ1v) is 6.88. The molecule has 1 aromatic rings. The lowest BCUT2D eigenvalue weighted by Gasteiger charge is -2.03. The number of carbonyl (C=O) groups excluding carboxylic acids is 1. The number of carboxylic acids is 1. The van der Waals surface area contributed by atoms with Crippen molar-refractivity contribution in [3.8, 4) is 0 Å². The largest absolute Gasteiger partial charge is 0.481 e. The third-order valence-electron chi connectivity index (χ3n) is 2.12. The summed E-state index contributed by atoms with van der Waals surface area (Å²) in [5.74, 6) is -0.379. The molecule has 0 aliphatic heterocycles. The summed E-state index contributed by atoms with van der Waals surface area (Å²) in [6.07, 6.45) is 1.27. The molecule has 0 fully saturated rings. The lowest BCUT2D eigenvalue weighted by Crippen LogP contribution is -2.29. The predicted molar refractivity (Wildman–Crippen MR) is 72.3 cm³/mol. The van der Waals surface area contributed by atoms with Crippen LogP contribution >= 0.6 is 11.3 Å². The third-order valence-corrected chi connectivity index (χ3v) is 2.98. The van der Waals surface area contributed by atoms with E-state index in [2.05, 4.69) is 34.7 Å². The van der Waals surface area contributed by atoms with Crippen LogP contribution in [0.15, 0.2) is 0 Å². The highest BCUT2D eigenvalue weighted by molar-refractivity contribution is 7.15. The molecule has 0 atom stereocenters. The van der Waals surface area contributed by atoms with Gasteiger partial charge in [0.2, 0.25) is 5.13 Å². The molecule has 1 rings (SSSR count). The van der Waals surface area contributed by atoms with E-state index in [0.29, 0.717) is 24.0 Å². The van der Waals surface area contributed by atoms with E-state index in [1.54, 1.807) is 0 Å². The van der Waals surface area contributed by atoms with Gasteiger partial charge in [0.1, 0.15) is 5.01 Å². The smallest absolute Gasteiger partial charge is 0.321 e. The fourth-order valence-corrected chi connectivity index (χ4v) is 2.27. The van der Waals surface area contributed by atoms with Crippen LogP contribution in [-0.2, 0) is 11.2 Å². The molecule has 19 heavy (non-hydrogen) atoms. The highest BCUT2D eigenvalue weighted by atomic mass is 32.1. The zero-order valence-corrected chi connectivity index (χ0v) is 11.8.